The summed E-state index contributed by atoms with van der Waals surface area (Å²) in [4.78, 5) is 12.1. The summed E-state index contributed by atoms with van der Waals surface area (Å²) in [7, 11) is 3.03. The summed E-state index contributed by atoms with van der Waals surface area (Å²) in [5.74, 6) is 0.946. The third kappa shape index (κ3) is 3.63. The van der Waals surface area contributed by atoms with Crippen molar-refractivity contribution in [2.24, 2.45) is 0 Å². The summed E-state index contributed by atoms with van der Waals surface area (Å²) in [6.45, 7) is 0. The molecule has 1 N–H and O–H groups in total. The van der Waals surface area contributed by atoms with Crippen LogP contribution in [0.3, 0.4) is 0 Å². The molecule has 0 aromatic heterocycles. The first kappa shape index (κ1) is 14.7. The lowest BCUT2D eigenvalue weighted by atomic mass is 10.1. The maximum atomic E-state index is 12.1. The Balaban J connectivity index is 2.18. The number of aromatic hydroxyl groups is 1. The lowest BCUT2D eigenvalue weighted by Gasteiger charge is -2.04. The number of phenolic OH excluding ortho intramolecular Hbond substituents is 1. The van der Waals surface area contributed by atoms with E-state index in [1.54, 1.807) is 49.6 Å². The minimum atomic E-state index is -0.124. The fraction of sp³-hybridized carbons (Fsp3) is 0.118. The van der Waals surface area contributed by atoms with Crippen molar-refractivity contribution in [1.29, 1.82) is 0 Å². The fourth-order valence-electron chi connectivity index (χ4n) is 1.84. The Morgan fingerprint density at radius 3 is 2.62 bits per heavy atom. The minimum Gasteiger partial charge on any atom is -0.504 e. The van der Waals surface area contributed by atoms with E-state index in [2.05, 4.69) is 0 Å². The van der Waals surface area contributed by atoms with Crippen molar-refractivity contribution in [3.63, 3.8) is 0 Å². The molecule has 0 aliphatic heterocycles. The zero-order valence-electron chi connectivity index (χ0n) is 11.9. The van der Waals surface area contributed by atoms with Crippen molar-refractivity contribution in [1.82, 2.24) is 0 Å². The first-order chi connectivity index (χ1) is 10.1. The molecule has 2 rings (SSSR count). The Morgan fingerprint density at radius 2 is 1.90 bits per heavy atom. The molecule has 4 heteroatoms. The maximum Gasteiger partial charge on any atom is 0.185 e. The number of hydrogen-bond acceptors (Lipinski definition) is 4. The highest BCUT2D eigenvalue weighted by molar-refractivity contribution is 6.07. The molecule has 0 aliphatic carbocycles. The molecule has 0 saturated carbocycles. The van der Waals surface area contributed by atoms with Gasteiger partial charge in [-0.05, 0) is 35.9 Å². The number of carbonyl (C=O) groups is 1. The van der Waals surface area contributed by atoms with Gasteiger partial charge in [0, 0.05) is 5.56 Å². The van der Waals surface area contributed by atoms with Gasteiger partial charge in [0.15, 0.2) is 17.3 Å². The molecule has 0 unspecified atom stereocenters. The second kappa shape index (κ2) is 6.61. The lowest BCUT2D eigenvalue weighted by molar-refractivity contribution is 0.104. The van der Waals surface area contributed by atoms with Crippen LogP contribution in [0.15, 0.2) is 48.5 Å². The second-order valence-electron chi connectivity index (χ2n) is 4.36. The molecule has 0 spiro atoms. The van der Waals surface area contributed by atoms with Gasteiger partial charge in [-0.3, -0.25) is 4.79 Å². The number of phenols is 1. The molecule has 0 radical (unpaired) electrons. The maximum absolute atomic E-state index is 12.1. The lowest BCUT2D eigenvalue weighted by Crippen LogP contribution is -1.95. The number of methoxy groups -OCH3 is 2. The number of rotatable bonds is 5. The molecular formula is C17H16O4. The predicted molar refractivity (Wildman–Crippen MR) is 81.0 cm³/mol. The van der Waals surface area contributed by atoms with E-state index in [9.17, 15) is 9.90 Å². The van der Waals surface area contributed by atoms with Gasteiger partial charge in [0.1, 0.15) is 5.75 Å². The van der Waals surface area contributed by atoms with Gasteiger partial charge in [0.25, 0.3) is 0 Å². The van der Waals surface area contributed by atoms with E-state index >= 15 is 0 Å². The van der Waals surface area contributed by atoms with E-state index in [4.69, 9.17) is 9.47 Å². The molecule has 0 heterocycles. The van der Waals surface area contributed by atoms with Crippen LogP contribution in [0.5, 0.6) is 17.2 Å². The van der Waals surface area contributed by atoms with E-state index < -0.39 is 0 Å². The van der Waals surface area contributed by atoms with Crippen molar-refractivity contribution in [3.8, 4) is 17.2 Å². The van der Waals surface area contributed by atoms with Crippen LogP contribution >= 0.6 is 0 Å². The number of allylic oxidation sites excluding steroid dienone is 1. The third-order valence-corrected chi connectivity index (χ3v) is 2.99. The Hall–Kier alpha value is -2.75. The topological polar surface area (TPSA) is 55.8 Å². The quantitative estimate of drug-likeness (QED) is 0.676. The van der Waals surface area contributed by atoms with Gasteiger partial charge in [-0.1, -0.05) is 24.3 Å². The highest BCUT2D eigenvalue weighted by atomic mass is 16.5. The van der Waals surface area contributed by atoms with Crippen LogP contribution in [0.4, 0.5) is 0 Å². The van der Waals surface area contributed by atoms with Crippen LogP contribution in [0, 0.1) is 0 Å². The van der Waals surface area contributed by atoms with E-state index in [1.807, 2.05) is 0 Å². The first-order valence-electron chi connectivity index (χ1n) is 6.37. The van der Waals surface area contributed by atoms with Crippen LogP contribution in [-0.2, 0) is 0 Å². The zero-order valence-corrected chi connectivity index (χ0v) is 11.9. The van der Waals surface area contributed by atoms with Gasteiger partial charge in [-0.15, -0.1) is 0 Å². The molecule has 0 fully saturated rings. The molecular weight excluding hydrogens is 268 g/mol. The zero-order chi connectivity index (χ0) is 15.2. The van der Waals surface area contributed by atoms with Gasteiger partial charge in [-0.2, -0.15) is 0 Å². The summed E-state index contributed by atoms with van der Waals surface area (Å²) >= 11 is 0. The molecule has 21 heavy (non-hydrogen) atoms. The average molecular weight is 284 g/mol. The SMILES string of the molecule is COc1cccc(C(=O)/C=C/c2ccc(O)c(OC)c2)c1. The number of ether oxygens (including phenoxy) is 2. The molecule has 0 saturated heterocycles. The molecule has 2 aromatic rings. The normalized spacial score (nSPS) is 10.6. The Bertz CT molecular complexity index is 674. The molecule has 0 aliphatic rings. The van der Waals surface area contributed by atoms with Gasteiger partial charge >= 0.3 is 0 Å². The van der Waals surface area contributed by atoms with Crippen molar-refractivity contribution in [3.05, 3.63) is 59.7 Å². The molecule has 0 bridgehead atoms. The molecule has 2 aromatic carbocycles. The van der Waals surface area contributed by atoms with Gasteiger partial charge in [0.2, 0.25) is 0 Å². The van der Waals surface area contributed by atoms with E-state index in [0.717, 1.165) is 5.56 Å². The summed E-state index contributed by atoms with van der Waals surface area (Å²) in [6, 6.07) is 11.8. The Labute approximate surface area is 123 Å². The second-order valence-corrected chi connectivity index (χ2v) is 4.36. The smallest absolute Gasteiger partial charge is 0.185 e. The summed E-state index contributed by atoms with van der Waals surface area (Å²) in [6.07, 6.45) is 3.14. The summed E-state index contributed by atoms with van der Waals surface area (Å²) < 4.78 is 10.1. The van der Waals surface area contributed by atoms with Crippen molar-refractivity contribution in [2.45, 2.75) is 0 Å². The van der Waals surface area contributed by atoms with E-state index in [0.29, 0.717) is 17.1 Å². The van der Waals surface area contributed by atoms with Crippen LogP contribution in [0.1, 0.15) is 15.9 Å². The molecule has 108 valence electrons. The molecule has 4 nitrogen and oxygen atoms in total. The van der Waals surface area contributed by atoms with Gasteiger partial charge in [0.05, 0.1) is 14.2 Å². The monoisotopic (exact) mass is 284 g/mol. The highest BCUT2D eigenvalue weighted by Gasteiger charge is 2.04. The highest BCUT2D eigenvalue weighted by Crippen LogP contribution is 2.26. The molecule has 0 atom stereocenters. The van der Waals surface area contributed by atoms with E-state index in [1.165, 1.54) is 19.3 Å². The van der Waals surface area contributed by atoms with Crippen LogP contribution in [0.2, 0.25) is 0 Å². The third-order valence-electron chi connectivity index (χ3n) is 2.99. The predicted octanol–water partition coefficient (Wildman–Crippen LogP) is 3.31. The number of benzene rings is 2. The van der Waals surface area contributed by atoms with Gasteiger partial charge in [-0.25, -0.2) is 0 Å². The number of hydrogen-bond donors (Lipinski definition) is 1. The molecule has 0 amide bonds. The Morgan fingerprint density at radius 1 is 1.10 bits per heavy atom. The van der Waals surface area contributed by atoms with Crippen molar-refractivity contribution in [2.75, 3.05) is 14.2 Å². The standard InChI is InChI=1S/C17H16O4/c1-20-14-5-3-4-13(11-14)15(18)8-6-12-7-9-16(19)17(10-12)21-2/h3-11,19H,1-2H3/b8-6+. The minimum absolute atomic E-state index is 0.0637. The average Bonchev–Trinajstić information content (AvgIpc) is 2.53. The van der Waals surface area contributed by atoms with Crippen LogP contribution < -0.4 is 9.47 Å². The van der Waals surface area contributed by atoms with Crippen molar-refractivity contribution < 1.29 is 19.4 Å². The van der Waals surface area contributed by atoms with Gasteiger partial charge < -0.3 is 14.6 Å². The number of ketones is 1. The van der Waals surface area contributed by atoms with E-state index in [-0.39, 0.29) is 11.5 Å². The first-order valence-corrected chi connectivity index (χ1v) is 6.37. The largest absolute Gasteiger partial charge is 0.504 e. The summed E-state index contributed by atoms with van der Waals surface area (Å²) in [5, 5.41) is 9.52. The van der Waals surface area contributed by atoms with Crippen LogP contribution in [0.25, 0.3) is 6.08 Å². The fourth-order valence-corrected chi connectivity index (χ4v) is 1.84. The van der Waals surface area contributed by atoms with Crippen LogP contribution in [-0.4, -0.2) is 25.1 Å². The van der Waals surface area contributed by atoms with Crippen molar-refractivity contribution >= 4 is 11.9 Å². The Kier molecular flexibility index (Phi) is 4.61. The number of carbonyl (C=O) groups excluding carboxylic acids is 1. The summed E-state index contributed by atoms with van der Waals surface area (Å²) in [5.41, 5.74) is 1.32.